The Hall–Kier alpha value is -0.570. The van der Waals surface area contributed by atoms with Gasteiger partial charge in [-0.05, 0) is 18.9 Å². The second-order valence-corrected chi connectivity index (χ2v) is 3.13. The first-order valence-electron chi connectivity index (χ1n) is 3.86. The van der Waals surface area contributed by atoms with Crippen LogP contribution >= 0.6 is 0 Å². The minimum Gasteiger partial charge on any atom is -0.352 e. The quantitative estimate of drug-likeness (QED) is 0.475. The van der Waals surface area contributed by atoms with E-state index in [0.29, 0.717) is 12.0 Å². The highest BCUT2D eigenvalue weighted by Crippen LogP contribution is 2.21. The van der Waals surface area contributed by atoms with E-state index >= 15 is 0 Å². The van der Waals surface area contributed by atoms with Gasteiger partial charge < -0.3 is 10.6 Å². The van der Waals surface area contributed by atoms with Crippen LogP contribution in [0, 0.1) is 5.92 Å². The molecule has 2 aliphatic rings. The van der Waals surface area contributed by atoms with Gasteiger partial charge in [-0.3, -0.25) is 4.79 Å². The zero-order valence-corrected chi connectivity index (χ0v) is 5.89. The molecule has 0 radical (unpaired) electrons. The van der Waals surface area contributed by atoms with Crippen molar-refractivity contribution in [3.8, 4) is 0 Å². The van der Waals surface area contributed by atoms with Crippen LogP contribution in [0.1, 0.15) is 12.8 Å². The van der Waals surface area contributed by atoms with Crippen molar-refractivity contribution in [2.24, 2.45) is 5.92 Å². The number of amides is 1. The smallest absolute Gasteiger partial charge is 0.220 e. The molecule has 2 fully saturated rings. The maximum Gasteiger partial charge on any atom is 0.220 e. The summed E-state index contributed by atoms with van der Waals surface area (Å²) >= 11 is 0. The Labute approximate surface area is 60.2 Å². The third-order valence-corrected chi connectivity index (χ3v) is 2.42. The molecule has 2 rings (SSSR count). The van der Waals surface area contributed by atoms with E-state index in [0.717, 1.165) is 25.9 Å². The van der Waals surface area contributed by atoms with Crippen molar-refractivity contribution < 1.29 is 4.79 Å². The van der Waals surface area contributed by atoms with Crippen molar-refractivity contribution in [3.63, 3.8) is 0 Å². The lowest BCUT2D eigenvalue weighted by Crippen LogP contribution is -2.44. The highest BCUT2D eigenvalue weighted by Gasteiger charge is 2.33. The number of piperidine rings is 1. The van der Waals surface area contributed by atoms with E-state index in [-0.39, 0.29) is 5.91 Å². The van der Waals surface area contributed by atoms with Gasteiger partial charge in [-0.15, -0.1) is 0 Å². The van der Waals surface area contributed by atoms with Crippen LogP contribution in [0.3, 0.4) is 0 Å². The van der Waals surface area contributed by atoms with Gasteiger partial charge in [0.15, 0.2) is 0 Å². The molecule has 0 bridgehead atoms. The molecule has 56 valence electrons. The van der Waals surface area contributed by atoms with Gasteiger partial charge in [0.1, 0.15) is 0 Å². The molecule has 0 aromatic heterocycles. The van der Waals surface area contributed by atoms with Crippen LogP contribution in [0.2, 0.25) is 0 Å². The Bertz CT molecular complexity index is 142. The molecular weight excluding hydrogens is 128 g/mol. The SMILES string of the molecule is O=C1CC2CCNCC2N1. The molecule has 2 N–H and O–H groups in total. The molecule has 0 saturated carbocycles. The van der Waals surface area contributed by atoms with Crippen molar-refractivity contribution >= 4 is 5.91 Å². The Morgan fingerprint density at radius 3 is 3.20 bits per heavy atom. The minimum absolute atomic E-state index is 0.235. The van der Waals surface area contributed by atoms with Crippen LogP contribution in [0.4, 0.5) is 0 Å². The number of rotatable bonds is 0. The molecule has 0 spiro atoms. The predicted molar refractivity (Wildman–Crippen MR) is 37.5 cm³/mol. The standard InChI is InChI=1S/C7H12N2O/c10-7-3-5-1-2-8-4-6(5)9-7/h5-6,8H,1-4H2,(H,9,10). The molecule has 0 aromatic carbocycles. The van der Waals surface area contributed by atoms with Crippen LogP contribution in [0.5, 0.6) is 0 Å². The van der Waals surface area contributed by atoms with Crippen LogP contribution in [0.25, 0.3) is 0 Å². The number of carbonyl (C=O) groups is 1. The van der Waals surface area contributed by atoms with Gasteiger partial charge in [0.25, 0.3) is 0 Å². The van der Waals surface area contributed by atoms with E-state index in [1.807, 2.05) is 0 Å². The molecule has 2 unspecified atom stereocenters. The maximum absolute atomic E-state index is 10.9. The van der Waals surface area contributed by atoms with E-state index < -0.39 is 0 Å². The topological polar surface area (TPSA) is 41.1 Å². The van der Waals surface area contributed by atoms with Crippen LogP contribution in [-0.2, 0) is 4.79 Å². The third kappa shape index (κ3) is 0.904. The summed E-state index contributed by atoms with van der Waals surface area (Å²) in [6.07, 6.45) is 1.91. The second-order valence-electron chi connectivity index (χ2n) is 3.13. The van der Waals surface area contributed by atoms with Crippen LogP contribution in [-0.4, -0.2) is 25.0 Å². The fourth-order valence-corrected chi connectivity index (χ4v) is 1.83. The summed E-state index contributed by atoms with van der Waals surface area (Å²) in [6, 6.07) is 0.432. The summed E-state index contributed by atoms with van der Waals surface area (Å²) in [6.45, 7) is 2.05. The Balaban J connectivity index is 2.04. The number of carbonyl (C=O) groups excluding carboxylic acids is 1. The monoisotopic (exact) mass is 140 g/mol. The Morgan fingerprint density at radius 2 is 2.40 bits per heavy atom. The molecule has 3 heteroatoms. The van der Waals surface area contributed by atoms with Crippen molar-refractivity contribution in [2.75, 3.05) is 13.1 Å². The number of nitrogens with one attached hydrogen (secondary N) is 2. The molecule has 1 amide bonds. The fourth-order valence-electron chi connectivity index (χ4n) is 1.83. The number of hydrogen-bond donors (Lipinski definition) is 2. The lowest BCUT2D eigenvalue weighted by Gasteiger charge is -2.24. The van der Waals surface area contributed by atoms with Crippen molar-refractivity contribution in [3.05, 3.63) is 0 Å². The highest BCUT2D eigenvalue weighted by molar-refractivity contribution is 5.79. The molecule has 2 atom stereocenters. The molecule has 10 heavy (non-hydrogen) atoms. The summed E-state index contributed by atoms with van der Waals surface area (Å²) in [5, 5.41) is 6.22. The van der Waals surface area contributed by atoms with E-state index in [2.05, 4.69) is 10.6 Å². The van der Waals surface area contributed by atoms with Crippen LogP contribution in [0.15, 0.2) is 0 Å². The highest BCUT2D eigenvalue weighted by atomic mass is 16.2. The van der Waals surface area contributed by atoms with Crippen molar-refractivity contribution in [2.45, 2.75) is 18.9 Å². The number of fused-ring (bicyclic) bond motifs is 1. The molecule has 2 aliphatic heterocycles. The Kier molecular flexibility index (Phi) is 1.38. The van der Waals surface area contributed by atoms with E-state index in [1.54, 1.807) is 0 Å². The minimum atomic E-state index is 0.235. The van der Waals surface area contributed by atoms with Gasteiger partial charge in [-0.1, -0.05) is 0 Å². The van der Waals surface area contributed by atoms with Gasteiger partial charge in [0.2, 0.25) is 5.91 Å². The zero-order valence-electron chi connectivity index (χ0n) is 5.89. The Morgan fingerprint density at radius 1 is 1.50 bits per heavy atom. The number of hydrogen-bond acceptors (Lipinski definition) is 2. The van der Waals surface area contributed by atoms with Gasteiger partial charge in [-0.2, -0.15) is 0 Å². The molecular formula is C7H12N2O. The van der Waals surface area contributed by atoms with Crippen LogP contribution < -0.4 is 10.6 Å². The zero-order chi connectivity index (χ0) is 6.97. The molecule has 2 saturated heterocycles. The van der Waals surface area contributed by atoms with Gasteiger partial charge in [0, 0.05) is 19.0 Å². The maximum atomic E-state index is 10.9. The first kappa shape index (κ1) is 6.16. The summed E-state index contributed by atoms with van der Waals surface area (Å²) in [4.78, 5) is 10.9. The van der Waals surface area contributed by atoms with Gasteiger partial charge in [-0.25, -0.2) is 0 Å². The fraction of sp³-hybridized carbons (Fsp3) is 0.857. The largest absolute Gasteiger partial charge is 0.352 e. The van der Waals surface area contributed by atoms with E-state index in [9.17, 15) is 4.79 Å². The average Bonchev–Trinajstić information content (AvgIpc) is 2.27. The first-order chi connectivity index (χ1) is 4.86. The summed E-state index contributed by atoms with van der Waals surface area (Å²) in [5.74, 6) is 0.854. The normalized spacial score (nSPS) is 39.0. The third-order valence-electron chi connectivity index (χ3n) is 2.42. The van der Waals surface area contributed by atoms with Crippen molar-refractivity contribution in [1.82, 2.24) is 10.6 Å². The molecule has 2 heterocycles. The lowest BCUT2D eigenvalue weighted by molar-refractivity contribution is -0.119. The summed E-state index contributed by atoms with van der Waals surface area (Å²) < 4.78 is 0. The summed E-state index contributed by atoms with van der Waals surface area (Å²) in [7, 11) is 0. The van der Waals surface area contributed by atoms with Crippen molar-refractivity contribution in [1.29, 1.82) is 0 Å². The van der Waals surface area contributed by atoms with E-state index in [4.69, 9.17) is 0 Å². The molecule has 0 aromatic rings. The first-order valence-corrected chi connectivity index (χ1v) is 3.86. The van der Waals surface area contributed by atoms with Gasteiger partial charge >= 0.3 is 0 Å². The second kappa shape index (κ2) is 2.23. The van der Waals surface area contributed by atoms with Gasteiger partial charge in [0.05, 0.1) is 0 Å². The molecule has 0 aliphatic carbocycles. The summed E-state index contributed by atoms with van der Waals surface area (Å²) in [5.41, 5.74) is 0. The lowest BCUT2D eigenvalue weighted by atomic mass is 9.94. The average molecular weight is 140 g/mol. The predicted octanol–water partition coefficient (Wildman–Crippen LogP) is -0.516. The van der Waals surface area contributed by atoms with E-state index in [1.165, 1.54) is 0 Å². The molecule has 3 nitrogen and oxygen atoms in total.